The van der Waals surface area contributed by atoms with Gasteiger partial charge in [-0.15, -0.1) is 0 Å². The topological polar surface area (TPSA) is 40.5 Å². The van der Waals surface area contributed by atoms with Gasteiger partial charge in [0, 0.05) is 13.0 Å². The van der Waals surface area contributed by atoms with Gasteiger partial charge in [0.25, 0.3) is 0 Å². The van der Waals surface area contributed by atoms with E-state index in [0.29, 0.717) is 0 Å². The van der Waals surface area contributed by atoms with Gasteiger partial charge in [-0.05, 0) is 37.3 Å². The van der Waals surface area contributed by atoms with Gasteiger partial charge in [0.1, 0.15) is 0 Å². The number of carbonyl (C=O) groups excluding carboxylic acids is 1. The molecule has 0 aromatic heterocycles. The number of amides is 1. The van der Waals surface area contributed by atoms with Crippen molar-refractivity contribution in [1.82, 2.24) is 4.90 Å². The highest BCUT2D eigenvalue weighted by Gasteiger charge is 2.28. The van der Waals surface area contributed by atoms with E-state index in [4.69, 9.17) is 0 Å². The summed E-state index contributed by atoms with van der Waals surface area (Å²) in [6, 6.07) is 19.6. The molecule has 2 aromatic carbocycles. The Morgan fingerprint density at radius 1 is 1.00 bits per heavy atom. The molecule has 1 amide bonds. The minimum absolute atomic E-state index is 0.000537. The zero-order valence-corrected chi connectivity index (χ0v) is 16.8. The predicted molar refractivity (Wildman–Crippen MR) is 111 cm³/mol. The number of likely N-dealkylation sites (N-methyl/N-ethyl adjacent to an activating group) is 1. The summed E-state index contributed by atoms with van der Waals surface area (Å²) in [5, 5.41) is 10.7. The van der Waals surface area contributed by atoms with Crippen LogP contribution in [0.1, 0.15) is 56.8 Å². The second-order valence-electron chi connectivity index (χ2n) is 7.41. The normalized spacial score (nSPS) is 14.4. The number of nitrogens with zero attached hydrogens (tertiary/aromatic N) is 1. The van der Waals surface area contributed by atoms with E-state index in [1.54, 1.807) is 4.90 Å². The Bertz CT molecular complexity index is 671. The summed E-state index contributed by atoms with van der Waals surface area (Å²) < 4.78 is 0. The van der Waals surface area contributed by atoms with E-state index in [-0.39, 0.29) is 17.9 Å². The standard InChI is InChI=1S/C24H33NO2/c1-4-5-14-22(18-17-20-12-8-6-9-13-20)24(27)25(3)19(2)23(26)21-15-10-7-11-16-21/h6-13,15-16,19,22-23,26H,4-5,14,17-18H2,1-3H3/t19-,22+,23+/m0/s1. The fraction of sp³-hybridized carbons (Fsp3) is 0.458. The average molecular weight is 368 g/mol. The molecule has 0 saturated carbocycles. The zero-order chi connectivity index (χ0) is 19.6. The predicted octanol–water partition coefficient (Wildman–Crippen LogP) is 5.01. The highest BCUT2D eigenvalue weighted by Crippen LogP contribution is 2.24. The number of rotatable bonds is 10. The van der Waals surface area contributed by atoms with E-state index < -0.39 is 6.10 Å². The lowest BCUT2D eigenvalue weighted by atomic mass is 9.92. The minimum atomic E-state index is -0.680. The number of hydrogen-bond donors (Lipinski definition) is 1. The van der Waals surface area contributed by atoms with Crippen LogP contribution in [0, 0.1) is 5.92 Å². The average Bonchev–Trinajstić information content (AvgIpc) is 2.73. The van der Waals surface area contributed by atoms with E-state index in [1.807, 2.05) is 62.5 Å². The maximum absolute atomic E-state index is 13.2. The summed E-state index contributed by atoms with van der Waals surface area (Å²) in [5.74, 6) is 0.141. The van der Waals surface area contributed by atoms with Crippen molar-refractivity contribution in [1.29, 1.82) is 0 Å². The fourth-order valence-electron chi connectivity index (χ4n) is 3.46. The Kier molecular flexibility index (Phi) is 8.53. The third-order valence-electron chi connectivity index (χ3n) is 5.44. The molecule has 3 atom stereocenters. The van der Waals surface area contributed by atoms with Gasteiger partial charge in [-0.2, -0.15) is 0 Å². The molecule has 0 heterocycles. The van der Waals surface area contributed by atoms with Gasteiger partial charge in [-0.1, -0.05) is 80.4 Å². The molecule has 0 spiro atoms. The Labute approximate surface area is 164 Å². The lowest BCUT2D eigenvalue weighted by Gasteiger charge is -2.32. The molecule has 0 saturated heterocycles. The van der Waals surface area contributed by atoms with E-state index >= 15 is 0 Å². The molecule has 0 fully saturated rings. The summed E-state index contributed by atoms with van der Waals surface area (Å²) in [6.07, 6.45) is 4.11. The summed E-state index contributed by atoms with van der Waals surface area (Å²) in [6.45, 7) is 4.08. The number of carbonyl (C=O) groups is 1. The Hall–Kier alpha value is -2.13. The van der Waals surface area contributed by atoms with Crippen molar-refractivity contribution in [3.8, 4) is 0 Å². The molecule has 0 unspecified atom stereocenters. The molecule has 27 heavy (non-hydrogen) atoms. The van der Waals surface area contributed by atoms with E-state index in [1.165, 1.54) is 5.56 Å². The van der Waals surface area contributed by atoms with Gasteiger partial charge >= 0.3 is 0 Å². The fourth-order valence-corrected chi connectivity index (χ4v) is 3.46. The number of aliphatic hydroxyl groups is 1. The number of aliphatic hydroxyl groups excluding tert-OH is 1. The second kappa shape index (κ2) is 10.9. The van der Waals surface area contributed by atoms with Crippen LogP contribution in [-0.2, 0) is 11.2 Å². The zero-order valence-electron chi connectivity index (χ0n) is 16.8. The lowest BCUT2D eigenvalue weighted by molar-refractivity contribution is -0.138. The molecule has 0 aliphatic heterocycles. The Morgan fingerprint density at radius 3 is 2.19 bits per heavy atom. The van der Waals surface area contributed by atoms with Crippen molar-refractivity contribution >= 4 is 5.91 Å². The highest BCUT2D eigenvalue weighted by atomic mass is 16.3. The lowest BCUT2D eigenvalue weighted by Crippen LogP contribution is -2.42. The first-order chi connectivity index (χ1) is 13.0. The Balaban J connectivity index is 2.03. The molecule has 3 heteroatoms. The number of aryl methyl sites for hydroxylation is 1. The molecule has 1 N–H and O–H groups in total. The monoisotopic (exact) mass is 367 g/mol. The van der Waals surface area contributed by atoms with Crippen LogP contribution in [0.25, 0.3) is 0 Å². The molecule has 146 valence electrons. The van der Waals surface area contributed by atoms with Crippen LogP contribution < -0.4 is 0 Å². The van der Waals surface area contributed by atoms with Crippen molar-refractivity contribution in [2.24, 2.45) is 5.92 Å². The third kappa shape index (κ3) is 6.21. The van der Waals surface area contributed by atoms with Crippen molar-refractivity contribution < 1.29 is 9.90 Å². The van der Waals surface area contributed by atoms with Gasteiger partial charge in [0.15, 0.2) is 0 Å². The smallest absolute Gasteiger partial charge is 0.225 e. The molecule has 2 rings (SSSR count). The van der Waals surface area contributed by atoms with Gasteiger partial charge in [0.05, 0.1) is 12.1 Å². The van der Waals surface area contributed by atoms with Crippen LogP contribution >= 0.6 is 0 Å². The highest BCUT2D eigenvalue weighted by molar-refractivity contribution is 5.79. The molecule has 2 aromatic rings. The molecule has 0 bridgehead atoms. The molecular weight excluding hydrogens is 334 g/mol. The van der Waals surface area contributed by atoms with Gasteiger partial charge in [-0.25, -0.2) is 0 Å². The molecule has 3 nitrogen and oxygen atoms in total. The first kappa shape index (κ1) is 21.2. The van der Waals surface area contributed by atoms with Crippen molar-refractivity contribution in [2.45, 2.75) is 58.1 Å². The van der Waals surface area contributed by atoms with Crippen molar-refractivity contribution in [3.63, 3.8) is 0 Å². The third-order valence-corrected chi connectivity index (χ3v) is 5.44. The van der Waals surface area contributed by atoms with Crippen LogP contribution in [-0.4, -0.2) is 29.0 Å². The molecule has 0 aliphatic rings. The second-order valence-corrected chi connectivity index (χ2v) is 7.41. The first-order valence-corrected chi connectivity index (χ1v) is 10.1. The number of hydrogen-bond acceptors (Lipinski definition) is 2. The summed E-state index contributed by atoms with van der Waals surface area (Å²) >= 11 is 0. The van der Waals surface area contributed by atoms with Gasteiger partial charge in [-0.3, -0.25) is 4.79 Å². The Morgan fingerprint density at radius 2 is 1.59 bits per heavy atom. The summed E-state index contributed by atoms with van der Waals surface area (Å²) in [4.78, 5) is 14.9. The number of benzene rings is 2. The largest absolute Gasteiger partial charge is 0.386 e. The van der Waals surface area contributed by atoms with Crippen LogP contribution in [0.4, 0.5) is 0 Å². The van der Waals surface area contributed by atoms with Crippen molar-refractivity contribution in [3.05, 3.63) is 71.8 Å². The number of unbranched alkanes of at least 4 members (excludes halogenated alkanes) is 1. The molecular formula is C24H33NO2. The van der Waals surface area contributed by atoms with E-state index in [9.17, 15) is 9.90 Å². The maximum atomic E-state index is 13.2. The van der Waals surface area contributed by atoms with Crippen molar-refractivity contribution in [2.75, 3.05) is 7.05 Å². The van der Waals surface area contributed by atoms with E-state index in [0.717, 1.165) is 37.7 Å². The van der Waals surface area contributed by atoms with Gasteiger partial charge < -0.3 is 10.0 Å². The minimum Gasteiger partial charge on any atom is -0.386 e. The quantitative estimate of drug-likeness (QED) is 0.641. The van der Waals surface area contributed by atoms with Crippen LogP contribution in [0.2, 0.25) is 0 Å². The maximum Gasteiger partial charge on any atom is 0.225 e. The van der Waals surface area contributed by atoms with Crippen LogP contribution in [0.15, 0.2) is 60.7 Å². The summed E-state index contributed by atoms with van der Waals surface area (Å²) in [7, 11) is 1.82. The first-order valence-electron chi connectivity index (χ1n) is 10.1. The van der Waals surface area contributed by atoms with Gasteiger partial charge in [0.2, 0.25) is 5.91 Å². The molecule has 0 radical (unpaired) electrons. The van der Waals surface area contributed by atoms with E-state index in [2.05, 4.69) is 19.1 Å². The van der Waals surface area contributed by atoms with Crippen LogP contribution in [0.5, 0.6) is 0 Å². The molecule has 0 aliphatic carbocycles. The summed E-state index contributed by atoms with van der Waals surface area (Å²) in [5.41, 5.74) is 2.12. The van der Waals surface area contributed by atoms with Crippen LogP contribution in [0.3, 0.4) is 0 Å². The SMILES string of the molecule is CCCC[C@H](CCc1ccccc1)C(=O)N(C)[C@@H](C)[C@@H](O)c1ccccc1.